The van der Waals surface area contributed by atoms with Crippen LogP contribution in [0.5, 0.6) is 0 Å². The molecule has 0 bridgehead atoms. The molecular formula is C6H11N3O3S. The summed E-state index contributed by atoms with van der Waals surface area (Å²) in [5.41, 5.74) is 5.92. The first-order chi connectivity index (χ1) is 5.97. The average molecular weight is 205 g/mol. The van der Waals surface area contributed by atoms with Gasteiger partial charge in [-0.25, -0.2) is 0 Å². The Morgan fingerprint density at radius 1 is 1.62 bits per heavy atom. The van der Waals surface area contributed by atoms with Crippen molar-refractivity contribution in [3.05, 3.63) is 12.4 Å². The van der Waals surface area contributed by atoms with Gasteiger partial charge in [-0.15, -0.1) is 0 Å². The molecule has 3 N–H and O–H groups in total. The highest BCUT2D eigenvalue weighted by Gasteiger charge is 2.03. The summed E-state index contributed by atoms with van der Waals surface area (Å²) in [6.45, 7) is 0.428. The minimum absolute atomic E-state index is 0.257. The summed E-state index contributed by atoms with van der Waals surface area (Å²) >= 11 is 0. The molecule has 0 unspecified atom stereocenters. The second kappa shape index (κ2) is 3.75. The van der Waals surface area contributed by atoms with Crippen molar-refractivity contribution >= 4 is 15.8 Å². The molecule has 7 heteroatoms. The fourth-order valence-corrected chi connectivity index (χ4v) is 1.40. The molecule has 0 amide bonds. The van der Waals surface area contributed by atoms with Crippen molar-refractivity contribution in [3.63, 3.8) is 0 Å². The molecule has 13 heavy (non-hydrogen) atoms. The first kappa shape index (κ1) is 10.0. The second-order valence-corrected chi connectivity index (χ2v) is 4.25. The highest BCUT2D eigenvalue weighted by Crippen LogP contribution is 1.99. The summed E-state index contributed by atoms with van der Waals surface area (Å²) in [5, 5.41) is 3.85. The number of nitrogens with zero attached hydrogens (tertiary/aromatic N) is 2. The minimum atomic E-state index is -3.86. The second-order valence-electron chi connectivity index (χ2n) is 2.68. The largest absolute Gasteiger partial charge is 0.396 e. The van der Waals surface area contributed by atoms with Gasteiger partial charge in [-0.3, -0.25) is 9.23 Å². The molecule has 1 rings (SSSR count). The average Bonchev–Trinajstić information content (AvgIpc) is 2.33. The number of hydrogen-bond acceptors (Lipinski definition) is 4. The molecule has 0 aliphatic carbocycles. The van der Waals surface area contributed by atoms with E-state index in [9.17, 15) is 8.42 Å². The summed E-state index contributed by atoms with van der Waals surface area (Å²) < 4.78 is 30.6. The van der Waals surface area contributed by atoms with E-state index in [2.05, 4.69) is 5.10 Å². The molecule has 6 nitrogen and oxygen atoms in total. The van der Waals surface area contributed by atoms with Crippen LogP contribution in [0.2, 0.25) is 0 Å². The number of nitrogen functional groups attached to an aromatic ring is 1. The zero-order chi connectivity index (χ0) is 9.90. The molecular weight excluding hydrogens is 194 g/mol. The fourth-order valence-electron chi connectivity index (χ4n) is 0.911. The van der Waals surface area contributed by atoms with E-state index >= 15 is 0 Å². The third-order valence-electron chi connectivity index (χ3n) is 1.44. The Balaban J connectivity index is 2.36. The van der Waals surface area contributed by atoms with Crippen molar-refractivity contribution in [1.82, 2.24) is 9.78 Å². The SMILES string of the molecule is Nc1cnn(CCCS(=O)(=O)O)c1. The van der Waals surface area contributed by atoms with Crippen molar-refractivity contribution in [3.8, 4) is 0 Å². The molecule has 1 aromatic rings. The van der Waals surface area contributed by atoms with Crippen LogP contribution in [0.1, 0.15) is 6.42 Å². The normalized spacial score (nSPS) is 11.8. The lowest BCUT2D eigenvalue weighted by Gasteiger charge is -1.98. The van der Waals surface area contributed by atoms with E-state index in [1.54, 1.807) is 6.20 Å². The number of anilines is 1. The van der Waals surface area contributed by atoms with Gasteiger partial charge in [0.05, 0.1) is 17.6 Å². The standard InChI is InChI=1S/C6H11N3O3S/c7-6-4-8-9(5-6)2-1-3-13(10,11)12/h4-5H,1-3,7H2,(H,10,11,12). The fraction of sp³-hybridized carbons (Fsp3) is 0.500. The maximum absolute atomic E-state index is 10.3. The maximum Gasteiger partial charge on any atom is 0.264 e. The van der Waals surface area contributed by atoms with Crippen LogP contribution in [-0.2, 0) is 16.7 Å². The zero-order valence-corrected chi connectivity index (χ0v) is 7.74. The van der Waals surface area contributed by atoms with Crippen molar-refractivity contribution in [2.45, 2.75) is 13.0 Å². The lowest BCUT2D eigenvalue weighted by Crippen LogP contribution is -2.08. The van der Waals surface area contributed by atoms with E-state index in [-0.39, 0.29) is 5.75 Å². The van der Waals surface area contributed by atoms with Crippen molar-refractivity contribution in [1.29, 1.82) is 0 Å². The van der Waals surface area contributed by atoms with Crippen molar-refractivity contribution < 1.29 is 13.0 Å². The first-order valence-electron chi connectivity index (χ1n) is 3.70. The smallest absolute Gasteiger partial charge is 0.264 e. The van der Waals surface area contributed by atoms with Crippen LogP contribution >= 0.6 is 0 Å². The van der Waals surface area contributed by atoms with Gasteiger partial charge in [0.15, 0.2) is 0 Å². The number of nitrogens with two attached hydrogens (primary N) is 1. The third kappa shape index (κ3) is 3.90. The highest BCUT2D eigenvalue weighted by atomic mass is 32.2. The Kier molecular flexibility index (Phi) is 2.89. The van der Waals surface area contributed by atoms with Gasteiger partial charge in [-0.05, 0) is 6.42 Å². The predicted octanol–water partition coefficient (Wildman–Crippen LogP) is -0.257. The van der Waals surface area contributed by atoms with Gasteiger partial charge in [0.25, 0.3) is 10.1 Å². The summed E-state index contributed by atoms with van der Waals surface area (Å²) in [4.78, 5) is 0. The maximum atomic E-state index is 10.3. The number of aryl methyl sites for hydroxylation is 1. The molecule has 0 radical (unpaired) electrons. The highest BCUT2D eigenvalue weighted by molar-refractivity contribution is 7.85. The quantitative estimate of drug-likeness (QED) is 0.660. The lowest BCUT2D eigenvalue weighted by molar-refractivity contribution is 0.476. The molecule has 0 fully saturated rings. The minimum Gasteiger partial charge on any atom is -0.396 e. The van der Waals surface area contributed by atoms with Gasteiger partial charge in [0.2, 0.25) is 0 Å². The van der Waals surface area contributed by atoms with Crippen molar-refractivity contribution in [2.75, 3.05) is 11.5 Å². The monoisotopic (exact) mass is 205 g/mol. The zero-order valence-electron chi connectivity index (χ0n) is 6.92. The third-order valence-corrected chi connectivity index (χ3v) is 2.25. The Labute approximate surface area is 76.1 Å². The van der Waals surface area contributed by atoms with E-state index in [1.807, 2.05) is 0 Å². The van der Waals surface area contributed by atoms with Gasteiger partial charge < -0.3 is 5.73 Å². The van der Waals surface area contributed by atoms with Gasteiger partial charge in [-0.1, -0.05) is 0 Å². The van der Waals surface area contributed by atoms with Crippen LogP contribution in [-0.4, -0.2) is 28.5 Å². The van der Waals surface area contributed by atoms with Gasteiger partial charge in [-0.2, -0.15) is 13.5 Å². The Bertz CT molecular complexity index is 370. The molecule has 0 saturated heterocycles. The summed E-state index contributed by atoms with van der Waals surface area (Å²) in [5.74, 6) is -0.257. The van der Waals surface area contributed by atoms with Crippen LogP contribution in [0.15, 0.2) is 12.4 Å². The predicted molar refractivity (Wildman–Crippen MR) is 47.7 cm³/mol. The van der Waals surface area contributed by atoms with E-state index in [1.165, 1.54) is 10.9 Å². The summed E-state index contributed by atoms with van der Waals surface area (Å²) in [6.07, 6.45) is 3.40. The Morgan fingerprint density at radius 2 is 2.31 bits per heavy atom. The van der Waals surface area contributed by atoms with Crippen LogP contribution in [0.25, 0.3) is 0 Å². The van der Waals surface area contributed by atoms with Gasteiger partial charge in [0.1, 0.15) is 0 Å². The first-order valence-corrected chi connectivity index (χ1v) is 5.31. The lowest BCUT2D eigenvalue weighted by atomic mass is 10.5. The van der Waals surface area contributed by atoms with Crippen molar-refractivity contribution in [2.24, 2.45) is 0 Å². The Hall–Kier alpha value is -1.08. The van der Waals surface area contributed by atoms with Gasteiger partial charge >= 0.3 is 0 Å². The van der Waals surface area contributed by atoms with E-state index in [0.717, 1.165) is 0 Å². The Morgan fingerprint density at radius 3 is 2.77 bits per heavy atom. The van der Waals surface area contributed by atoms with Crippen LogP contribution < -0.4 is 5.73 Å². The molecule has 1 heterocycles. The summed E-state index contributed by atoms with van der Waals surface area (Å²) in [6, 6.07) is 0. The van der Waals surface area contributed by atoms with Crippen LogP contribution in [0.3, 0.4) is 0 Å². The number of aromatic nitrogens is 2. The number of rotatable bonds is 4. The van der Waals surface area contributed by atoms with Gasteiger partial charge in [0, 0.05) is 12.7 Å². The topological polar surface area (TPSA) is 98.2 Å². The molecule has 0 aromatic carbocycles. The van der Waals surface area contributed by atoms with E-state index in [4.69, 9.17) is 10.3 Å². The molecule has 1 aromatic heterocycles. The van der Waals surface area contributed by atoms with Crippen LogP contribution in [0.4, 0.5) is 5.69 Å². The molecule has 0 aliphatic rings. The molecule has 0 aliphatic heterocycles. The molecule has 0 saturated carbocycles. The van der Waals surface area contributed by atoms with E-state index < -0.39 is 10.1 Å². The molecule has 0 atom stereocenters. The number of hydrogen-bond donors (Lipinski definition) is 2. The molecule has 0 spiro atoms. The van der Waals surface area contributed by atoms with E-state index in [0.29, 0.717) is 18.7 Å². The van der Waals surface area contributed by atoms with Crippen LogP contribution in [0, 0.1) is 0 Å². The summed E-state index contributed by atoms with van der Waals surface area (Å²) in [7, 11) is -3.86. The molecule has 74 valence electrons.